The normalized spacial score (nSPS) is 15.4. The fourth-order valence-electron chi connectivity index (χ4n) is 2.09. The second kappa shape index (κ2) is 7.71. The molecule has 18 heavy (non-hydrogen) atoms. The number of nitrogens with zero attached hydrogens (tertiary/aromatic N) is 2. The van der Waals surface area contributed by atoms with Crippen molar-refractivity contribution in [3.8, 4) is 0 Å². The molecule has 0 radical (unpaired) electrons. The highest BCUT2D eigenvalue weighted by Crippen LogP contribution is 2.08. The van der Waals surface area contributed by atoms with Crippen LogP contribution in [0.3, 0.4) is 0 Å². The number of nitrogens with one attached hydrogen (secondary N) is 1. The highest BCUT2D eigenvalue weighted by molar-refractivity contribution is 5.78. The van der Waals surface area contributed by atoms with Gasteiger partial charge in [-0.1, -0.05) is 0 Å². The molecule has 0 fully saturated rings. The molecule has 0 heterocycles. The molecule has 0 rings (SSSR count). The van der Waals surface area contributed by atoms with E-state index in [0.29, 0.717) is 6.54 Å². The molecular formula is C13H29N3O2. The number of aliphatic carboxylic acids is 1. The van der Waals surface area contributed by atoms with Crippen molar-refractivity contribution >= 4 is 5.97 Å². The van der Waals surface area contributed by atoms with Gasteiger partial charge in [0.1, 0.15) is 5.54 Å². The maximum absolute atomic E-state index is 11.4. The molecule has 0 amide bonds. The van der Waals surface area contributed by atoms with Gasteiger partial charge in [-0.25, -0.2) is 0 Å². The van der Waals surface area contributed by atoms with E-state index < -0.39 is 11.5 Å². The molecule has 0 saturated carbocycles. The number of hydrogen-bond donors (Lipinski definition) is 2. The Bertz CT molecular complexity index is 257. The lowest BCUT2D eigenvalue weighted by Gasteiger charge is -2.33. The summed E-state index contributed by atoms with van der Waals surface area (Å²) in [6.07, 6.45) is 1.04. The molecule has 0 aromatic carbocycles. The lowest BCUT2D eigenvalue weighted by atomic mass is 10.0. The predicted octanol–water partition coefficient (Wildman–Crippen LogP) is 0.711. The fourth-order valence-corrected chi connectivity index (χ4v) is 2.09. The fraction of sp³-hybridized carbons (Fsp3) is 0.923. The Morgan fingerprint density at radius 3 is 2.22 bits per heavy atom. The third-order valence-electron chi connectivity index (χ3n) is 2.81. The standard InChI is InChI=1S/C13H29N3O2/c1-11(2)14-13(3,12(17)18)10-16(6)9-7-8-15(4)5/h11,14H,7-10H2,1-6H3,(H,17,18). The van der Waals surface area contributed by atoms with Gasteiger partial charge in [0, 0.05) is 12.6 Å². The molecule has 0 aliphatic rings. The van der Waals surface area contributed by atoms with Crippen LogP contribution < -0.4 is 5.32 Å². The van der Waals surface area contributed by atoms with Crippen molar-refractivity contribution in [2.24, 2.45) is 0 Å². The van der Waals surface area contributed by atoms with Crippen molar-refractivity contribution in [2.75, 3.05) is 40.8 Å². The molecule has 2 N–H and O–H groups in total. The summed E-state index contributed by atoms with van der Waals surface area (Å²) in [6.45, 7) is 8.11. The molecule has 0 saturated heterocycles. The molecule has 108 valence electrons. The molecule has 0 bridgehead atoms. The molecule has 5 heteroatoms. The van der Waals surface area contributed by atoms with Crippen LogP contribution in [0.2, 0.25) is 0 Å². The number of carboxylic acid groups (broad SMARTS) is 1. The Morgan fingerprint density at radius 2 is 1.83 bits per heavy atom. The minimum atomic E-state index is -0.888. The molecule has 0 aliphatic heterocycles. The van der Waals surface area contributed by atoms with Crippen LogP contribution in [0.15, 0.2) is 0 Å². The molecule has 0 aromatic heterocycles. The maximum atomic E-state index is 11.4. The molecule has 5 nitrogen and oxygen atoms in total. The highest BCUT2D eigenvalue weighted by atomic mass is 16.4. The van der Waals surface area contributed by atoms with E-state index in [1.165, 1.54) is 0 Å². The van der Waals surface area contributed by atoms with Gasteiger partial charge in [-0.05, 0) is 61.4 Å². The second-order valence-electron chi connectivity index (χ2n) is 5.83. The van der Waals surface area contributed by atoms with Gasteiger partial charge in [0.2, 0.25) is 0 Å². The number of likely N-dealkylation sites (N-methyl/N-ethyl adjacent to an activating group) is 1. The molecule has 0 spiro atoms. The zero-order valence-corrected chi connectivity index (χ0v) is 12.7. The number of rotatable bonds is 9. The van der Waals surface area contributed by atoms with Gasteiger partial charge in [-0.2, -0.15) is 0 Å². The first kappa shape index (κ1) is 17.4. The van der Waals surface area contributed by atoms with E-state index in [4.69, 9.17) is 0 Å². The van der Waals surface area contributed by atoms with Crippen LogP contribution in [0.25, 0.3) is 0 Å². The minimum Gasteiger partial charge on any atom is -0.480 e. The van der Waals surface area contributed by atoms with Gasteiger partial charge in [0.25, 0.3) is 0 Å². The maximum Gasteiger partial charge on any atom is 0.324 e. The van der Waals surface area contributed by atoms with Crippen molar-refractivity contribution in [1.82, 2.24) is 15.1 Å². The Labute approximate surface area is 111 Å². The first-order valence-electron chi connectivity index (χ1n) is 6.51. The molecule has 0 aromatic rings. The zero-order chi connectivity index (χ0) is 14.3. The average Bonchev–Trinajstić information content (AvgIpc) is 2.14. The summed E-state index contributed by atoms with van der Waals surface area (Å²) in [5, 5.41) is 12.5. The van der Waals surface area contributed by atoms with Gasteiger partial charge >= 0.3 is 5.97 Å². The molecular weight excluding hydrogens is 230 g/mol. The lowest BCUT2D eigenvalue weighted by molar-refractivity contribution is -0.145. The summed E-state index contributed by atoms with van der Waals surface area (Å²) in [6, 6.07) is 0.154. The van der Waals surface area contributed by atoms with E-state index in [0.717, 1.165) is 19.5 Å². The van der Waals surface area contributed by atoms with E-state index in [2.05, 4.69) is 15.1 Å². The summed E-state index contributed by atoms with van der Waals surface area (Å²) in [7, 11) is 6.06. The summed E-state index contributed by atoms with van der Waals surface area (Å²) in [5.41, 5.74) is -0.888. The van der Waals surface area contributed by atoms with E-state index in [1.54, 1.807) is 6.92 Å². The summed E-state index contributed by atoms with van der Waals surface area (Å²) < 4.78 is 0. The van der Waals surface area contributed by atoms with Crippen molar-refractivity contribution in [1.29, 1.82) is 0 Å². The van der Waals surface area contributed by atoms with E-state index in [1.807, 2.05) is 35.0 Å². The second-order valence-corrected chi connectivity index (χ2v) is 5.83. The molecule has 0 aliphatic carbocycles. The van der Waals surface area contributed by atoms with E-state index in [-0.39, 0.29) is 6.04 Å². The van der Waals surface area contributed by atoms with Crippen LogP contribution in [0.4, 0.5) is 0 Å². The smallest absolute Gasteiger partial charge is 0.324 e. The van der Waals surface area contributed by atoms with Crippen molar-refractivity contribution in [3.63, 3.8) is 0 Å². The SMILES string of the molecule is CC(C)NC(C)(CN(C)CCCN(C)C)C(=O)O. The summed E-state index contributed by atoms with van der Waals surface area (Å²) in [5.74, 6) is -0.796. The van der Waals surface area contributed by atoms with Gasteiger partial charge in [0.05, 0.1) is 0 Å². The minimum absolute atomic E-state index is 0.154. The highest BCUT2D eigenvalue weighted by Gasteiger charge is 2.34. The summed E-state index contributed by atoms with van der Waals surface area (Å²) >= 11 is 0. The average molecular weight is 259 g/mol. The molecule has 1 atom stereocenters. The number of carboxylic acids is 1. The monoisotopic (exact) mass is 259 g/mol. The van der Waals surface area contributed by atoms with Crippen molar-refractivity contribution in [2.45, 2.75) is 38.8 Å². The van der Waals surface area contributed by atoms with Gasteiger partial charge in [0.15, 0.2) is 0 Å². The number of carbonyl (C=O) groups is 1. The zero-order valence-electron chi connectivity index (χ0n) is 12.7. The van der Waals surface area contributed by atoms with E-state index in [9.17, 15) is 9.90 Å². The van der Waals surface area contributed by atoms with Crippen LogP contribution in [-0.2, 0) is 4.79 Å². The van der Waals surface area contributed by atoms with Gasteiger partial charge in [-0.3, -0.25) is 10.1 Å². The molecule has 1 unspecified atom stereocenters. The van der Waals surface area contributed by atoms with Crippen LogP contribution in [0, 0.1) is 0 Å². The van der Waals surface area contributed by atoms with Crippen LogP contribution in [-0.4, -0.2) is 73.2 Å². The Morgan fingerprint density at radius 1 is 1.28 bits per heavy atom. The topological polar surface area (TPSA) is 55.8 Å². The van der Waals surface area contributed by atoms with E-state index >= 15 is 0 Å². The first-order chi connectivity index (χ1) is 8.17. The quantitative estimate of drug-likeness (QED) is 0.639. The van der Waals surface area contributed by atoms with Crippen LogP contribution in [0.5, 0.6) is 0 Å². The largest absolute Gasteiger partial charge is 0.480 e. The third kappa shape index (κ3) is 6.93. The summed E-state index contributed by atoms with van der Waals surface area (Å²) in [4.78, 5) is 15.6. The van der Waals surface area contributed by atoms with Crippen molar-refractivity contribution in [3.05, 3.63) is 0 Å². The van der Waals surface area contributed by atoms with Crippen LogP contribution >= 0.6 is 0 Å². The predicted molar refractivity (Wildman–Crippen MR) is 75.0 cm³/mol. The Balaban J connectivity index is 4.28. The first-order valence-corrected chi connectivity index (χ1v) is 6.51. The van der Waals surface area contributed by atoms with Crippen molar-refractivity contribution < 1.29 is 9.90 Å². The number of hydrogen-bond acceptors (Lipinski definition) is 4. The van der Waals surface area contributed by atoms with Crippen LogP contribution in [0.1, 0.15) is 27.2 Å². The Hall–Kier alpha value is -0.650. The third-order valence-corrected chi connectivity index (χ3v) is 2.81. The van der Waals surface area contributed by atoms with Gasteiger partial charge in [-0.15, -0.1) is 0 Å². The Kier molecular flexibility index (Phi) is 7.43. The lowest BCUT2D eigenvalue weighted by Crippen LogP contribution is -2.58. The van der Waals surface area contributed by atoms with Gasteiger partial charge < -0.3 is 14.9 Å².